The van der Waals surface area contributed by atoms with Crippen molar-refractivity contribution in [2.75, 3.05) is 11.9 Å². The van der Waals surface area contributed by atoms with Crippen LogP contribution in [0.25, 0.3) is 11.4 Å². The minimum atomic E-state index is 0.876. The maximum absolute atomic E-state index is 4.63. The Labute approximate surface area is 107 Å². The molecule has 0 bridgehead atoms. The van der Waals surface area contributed by atoms with E-state index in [0.29, 0.717) is 0 Å². The van der Waals surface area contributed by atoms with Crippen molar-refractivity contribution in [1.82, 2.24) is 14.8 Å². The van der Waals surface area contributed by atoms with Gasteiger partial charge in [0.15, 0.2) is 11.6 Å². The largest absolute Gasteiger partial charge is 0.385 e. The Morgan fingerprint density at radius 3 is 3.06 bits per heavy atom. The lowest BCUT2D eigenvalue weighted by molar-refractivity contribution is 0.750. The molecule has 2 heterocycles. The van der Waals surface area contributed by atoms with Gasteiger partial charge >= 0.3 is 0 Å². The van der Waals surface area contributed by atoms with Crippen molar-refractivity contribution in [2.45, 2.75) is 26.2 Å². The van der Waals surface area contributed by atoms with Gasteiger partial charge in [0.05, 0.1) is 0 Å². The molecule has 1 aromatic carbocycles. The molecule has 0 radical (unpaired) electrons. The lowest BCUT2D eigenvalue weighted by Crippen LogP contribution is -2.13. The van der Waals surface area contributed by atoms with E-state index in [9.17, 15) is 0 Å². The highest BCUT2D eigenvalue weighted by molar-refractivity contribution is 5.70. The Morgan fingerprint density at radius 2 is 2.28 bits per heavy atom. The van der Waals surface area contributed by atoms with E-state index in [-0.39, 0.29) is 0 Å². The fourth-order valence-corrected chi connectivity index (χ4v) is 2.54. The van der Waals surface area contributed by atoms with Crippen LogP contribution in [0.4, 0.5) is 5.69 Å². The zero-order chi connectivity index (χ0) is 12.5. The first-order valence-corrected chi connectivity index (χ1v) is 6.55. The number of anilines is 1. The maximum atomic E-state index is 4.63. The van der Waals surface area contributed by atoms with E-state index in [0.717, 1.165) is 31.0 Å². The van der Waals surface area contributed by atoms with Gasteiger partial charge in [0.2, 0.25) is 0 Å². The van der Waals surface area contributed by atoms with Crippen LogP contribution in [0.1, 0.15) is 24.7 Å². The van der Waals surface area contributed by atoms with Gasteiger partial charge in [-0.3, -0.25) is 0 Å². The predicted octanol–water partition coefficient (Wildman–Crippen LogP) is 2.40. The van der Waals surface area contributed by atoms with Crippen molar-refractivity contribution in [2.24, 2.45) is 7.05 Å². The first kappa shape index (κ1) is 11.3. The molecule has 0 atom stereocenters. The Kier molecular flexibility index (Phi) is 2.78. The third kappa shape index (κ3) is 1.78. The van der Waals surface area contributed by atoms with Crippen LogP contribution in [-0.4, -0.2) is 21.3 Å². The summed E-state index contributed by atoms with van der Waals surface area (Å²) in [4.78, 5) is 4.63. The number of rotatable bonds is 2. The number of nitrogens with zero attached hydrogens (tertiary/aromatic N) is 3. The van der Waals surface area contributed by atoms with Crippen molar-refractivity contribution < 1.29 is 0 Å². The fraction of sp³-hybridized carbons (Fsp3) is 0.429. The Balaban J connectivity index is 2.13. The summed E-state index contributed by atoms with van der Waals surface area (Å²) < 4.78 is 1.89. The van der Waals surface area contributed by atoms with Gasteiger partial charge in [0.25, 0.3) is 0 Å². The van der Waals surface area contributed by atoms with Gasteiger partial charge in [-0.1, -0.05) is 19.1 Å². The summed E-state index contributed by atoms with van der Waals surface area (Å²) in [5.74, 6) is 1.89. The van der Waals surface area contributed by atoms with Crippen molar-refractivity contribution in [3.63, 3.8) is 0 Å². The monoisotopic (exact) mass is 242 g/mol. The van der Waals surface area contributed by atoms with E-state index in [2.05, 4.69) is 40.5 Å². The van der Waals surface area contributed by atoms with Gasteiger partial charge in [-0.05, 0) is 24.5 Å². The van der Waals surface area contributed by atoms with E-state index in [1.165, 1.54) is 23.2 Å². The Morgan fingerprint density at radius 1 is 1.39 bits per heavy atom. The average Bonchev–Trinajstić information content (AvgIpc) is 2.79. The molecule has 0 fully saturated rings. The van der Waals surface area contributed by atoms with E-state index >= 15 is 0 Å². The molecule has 3 rings (SSSR count). The normalized spacial score (nSPS) is 14.1. The molecule has 4 nitrogen and oxygen atoms in total. The van der Waals surface area contributed by atoms with Crippen LogP contribution in [0.3, 0.4) is 0 Å². The van der Waals surface area contributed by atoms with Crippen LogP contribution in [0.15, 0.2) is 18.2 Å². The topological polar surface area (TPSA) is 42.7 Å². The second kappa shape index (κ2) is 4.44. The van der Waals surface area contributed by atoms with Gasteiger partial charge in [0.1, 0.15) is 0 Å². The number of benzene rings is 1. The third-order valence-electron chi connectivity index (χ3n) is 3.46. The third-order valence-corrected chi connectivity index (χ3v) is 3.46. The molecule has 0 saturated heterocycles. The molecule has 0 spiro atoms. The lowest BCUT2D eigenvalue weighted by atomic mass is 9.97. The number of hydrogen-bond acceptors (Lipinski definition) is 3. The predicted molar refractivity (Wildman–Crippen MR) is 72.6 cm³/mol. The summed E-state index contributed by atoms with van der Waals surface area (Å²) in [6.07, 6.45) is 3.18. The molecule has 0 saturated carbocycles. The molecule has 94 valence electrons. The average molecular weight is 242 g/mol. The Hall–Kier alpha value is -1.84. The van der Waals surface area contributed by atoms with Gasteiger partial charge in [0, 0.05) is 31.3 Å². The molecule has 2 aromatic rings. The summed E-state index contributed by atoms with van der Waals surface area (Å²) >= 11 is 0. The highest BCUT2D eigenvalue weighted by atomic mass is 15.3. The molecule has 18 heavy (non-hydrogen) atoms. The lowest BCUT2D eigenvalue weighted by Gasteiger charge is -2.20. The van der Waals surface area contributed by atoms with Crippen LogP contribution in [0, 0.1) is 0 Å². The molecule has 0 aliphatic carbocycles. The molecule has 1 aliphatic rings. The standard InChI is InChI=1S/C14H18N4/c1-3-13-16-14(18(2)17-13)11-6-4-8-12-10(11)7-5-9-15-12/h4,6,8,15H,3,5,7,9H2,1-2H3. The molecule has 1 aliphatic heterocycles. The molecule has 0 unspecified atom stereocenters. The van der Waals surface area contributed by atoms with E-state index in [1.807, 2.05) is 11.7 Å². The highest BCUT2D eigenvalue weighted by Gasteiger charge is 2.17. The second-order valence-electron chi connectivity index (χ2n) is 4.69. The Bertz CT molecular complexity index is 571. The van der Waals surface area contributed by atoms with Crippen LogP contribution in [0.2, 0.25) is 0 Å². The molecule has 1 aromatic heterocycles. The molecular weight excluding hydrogens is 224 g/mol. The zero-order valence-corrected chi connectivity index (χ0v) is 10.9. The number of aryl methyl sites for hydroxylation is 2. The van der Waals surface area contributed by atoms with Gasteiger partial charge in [-0.2, -0.15) is 5.10 Å². The molecule has 1 N–H and O–H groups in total. The van der Waals surface area contributed by atoms with E-state index in [4.69, 9.17) is 0 Å². The van der Waals surface area contributed by atoms with Gasteiger partial charge in [-0.15, -0.1) is 0 Å². The van der Waals surface area contributed by atoms with Crippen molar-refractivity contribution in [1.29, 1.82) is 0 Å². The summed E-state index contributed by atoms with van der Waals surface area (Å²) in [6.45, 7) is 3.15. The van der Waals surface area contributed by atoms with Crippen molar-refractivity contribution in [3.8, 4) is 11.4 Å². The maximum Gasteiger partial charge on any atom is 0.158 e. The van der Waals surface area contributed by atoms with Gasteiger partial charge in [-0.25, -0.2) is 9.67 Å². The van der Waals surface area contributed by atoms with E-state index in [1.54, 1.807) is 0 Å². The molecule has 0 amide bonds. The minimum absolute atomic E-state index is 0.876. The van der Waals surface area contributed by atoms with Crippen LogP contribution in [-0.2, 0) is 19.9 Å². The summed E-state index contributed by atoms with van der Waals surface area (Å²) in [5.41, 5.74) is 3.84. The van der Waals surface area contributed by atoms with Crippen LogP contribution >= 0.6 is 0 Å². The summed E-state index contributed by atoms with van der Waals surface area (Å²) in [5, 5.41) is 7.90. The van der Waals surface area contributed by atoms with Crippen LogP contribution < -0.4 is 5.32 Å². The van der Waals surface area contributed by atoms with Crippen LogP contribution in [0.5, 0.6) is 0 Å². The number of hydrogen-bond donors (Lipinski definition) is 1. The first-order chi connectivity index (χ1) is 8.79. The molecular formula is C14H18N4. The number of nitrogens with one attached hydrogen (secondary N) is 1. The van der Waals surface area contributed by atoms with E-state index < -0.39 is 0 Å². The molecule has 4 heteroatoms. The van der Waals surface area contributed by atoms with Crippen molar-refractivity contribution in [3.05, 3.63) is 29.6 Å². The van der Waals surface area contributed by atoms with Crippen molar-refractivity contribution >= 4 is 5.69 Å². The number of aromatic nitrogens is 3. The van der Waals surface area contributed by atoms with Gasteiger partial charge < -0.3 is 5.32 Å². The minimum Gasteiger partial charge on any atom is -0.385 e. The summed E-state index contributed by atoms with van der Waals surface area (Å²) in [7, 11) is 1.97. The smallest absolute Gasteiger partial charge is 0.158 e. The zero-order valence-electron chi connectivity index (χ0n) is 10.9. The first-order valence-electron chi connectivity index (χ1n) is 6.55. The highest BCUT2D eigenvalue weighted by Crippen LogP contribution is 2.31. The quantitative estimate of drug-likeness (QED) is 0.879. The SMILES string of the molecule is CCc1nc(-c2cccc3c2CCCN3)n(C)n1. The fourth-order valence-electron chi connectivity index (χ4n) is 2.54. The summed E-state index contributed by atoms with van der Waals surface area (Å²) in [6, 6.07) is 6.39. The second-order valence-corrected chi connectivity index (χ2v) is 4.69. The number of fused-ring (bicyclic) bond motifs is 1.